The van der Waals surface area contributed by atoms with Crippen molar-refractivity contribution in [2.75, 3.05) is 38.0 Å². The zero-order valence-electron chi connectivity index (χ0n) is 18.6. The normalized spacial score (nSPS) is 14.4. The molecule has 1 N–H and O–H groups in total. The van der Waals surface area contributed by atoms with Gasteiger partial charge in [-0.25, -0.2) is 0 Å². The number of piperazine rings is 1. The molecule has 6 nitrogen and oxygen atoms in total. The molecule has 1 saturated heterocycles. The number of ketones is 1. The number of benzene rings is 2. The standard InChI is InChI=1S/C25H31N3O3/c1-18-7-9-21(10-8-18)22(29)11-12-24(31)28-15-13-27(14-16-28)17-23(30)26-25-19(2)5-4-6-20(25)3/h4-10H,11-17H2,1-3H3,(H,26,30). The summed E-state index contributed by atoms with van der Waals surface area (Å²) in [4.78, 5) is 41.1. The Labute approximate surface area is 184 Å². The van der Waals surface area contributed by atoms with Crippen LogP contribution in [0.15, 0.2) is 42.5 Å². The second-order valence-corrected chi connectivity index (χ2v) is 8.26. The minimum absolute atomic E-state index is 0.0000911. The maximum absolute atomic E-state index is 12.5. The summed E-state index contributed by atoms with van der Waals surface area (Å²) in [5.41, 5.74) is 4.72. The van der Waals surface area contributed by atoms with E-state index in [0.29, 0.717) is 38.3 Å². The fraction of sp³-hybridized carbons (Fsp3) is 0.400. The van der Waals surface area contributed by atoms with Gasteiger partial charge in [0, 0.05) is 50.3 Å². The first-order valence-electron chi connectivity index (χ1n) is 10.8. The Bertz CT molecular complexity index is 925. The number of hydrogen-bond acceptors (Lipinski definition) is 4. The van der Waals surface area contributed by atoms with Gasteiger partial charge in [0.15, 0.2) is 5.78 Å². The van der Waals surface area contributed by atoms with Crippen LogP contribution in [-0.2, 0) is 9.59 Å². The van der Waals surface area contributed by atoms with Crippen molar-refractivity contribution in [2.24, 2.45) is 0 Å². The molecule has 0 aromatic heterocycles. The lowest BCUT2D eigenvalue weighted by molar-refractivity contribution is -0.133. The molecule has 1 aliphatic rings. The molecule has 6 heteroatoms. The van der Waals surface area contributed by atoms with Crippen molar-refractivity contribution in [3.05, 3.63) is 64.7 Å². The molecule has 0 bridgehead atoms. The van der Waals surface area contributed by atoms with E-state index in [2.05, 4.69) is 10.2 Å². The van der Waals surface area contributed by atoms with Gasteiger partial charge in [0.2, 0.25) is 11.8 Å². The Morgan fingerprint density at radius 3 is 2.06 bits per heavy atom. The molecule has 0 aliphatic carbocycles. The number of rotatable bonds is 7. The Kier molecular flexibility index (Phi) is 7.58. The van der Waals surface area contributed by atoms with Gasteiger partial charge in [-0.3, -0.25) is 19.3 Å². The van der Waals surface area contributed by atoms with Crippen molar-refractivity contribution in [2.45, 2.75) is 33.6 Å². The molecule has 1 fully saturated rings. The molecule has 1 aliphatic heterocycles. The number of aryl methyl sites for hydroxylation is 3. The molecule has 0 unspecified atom stereocenters. The van der Waals surface area contributed by atoms with Gasteiger partial charge in [-0.15, -0.1) is 0 Å². The zero-order chi connectivity index (χ0) is 22.4. The van der Waals surface area contributed by atoms with Crippen LogP contribution in [0.1, 0.15) is 39.9 Å². The van der Waals surface area contributed by atoms with Crippen LogP contribution in [-0.4, -0.2) is 60.1 Å². The molecule has 2 amide bonds. The van der Waals surface area contributed by atoms with E-state index < -0.39 is 0 Å². The number of nitrogens with one attached hydrogen (secondary N) is 1. The highest BCUT2D eigenvalue weighted by molar-refractivity contribution is 5.98. The van der Waals surface area contributed by atoms with E-state index >= 15 is 0 Å². The summed E-state index contributed by atoms with van der Waals surface area (Å²) >= 11 is 0. The average molecular weight is 422 g/mol. The first-order valence-corrected chi connectivity index (χ1v) is 10.8. The zero-order valence-corrected chi connectivity index (χ0v) is 18.6. The number of nitrogens with zero attached hydrogens (tertiary/aromatic N) is 2. The topological polar surface area (TPSA) is 69.7 Å². The van der Waals surface area contributed by atoms with Gasteiger partial charge in [0.1, 0.15) is 0 Å². The maximum Gasteiger partial charge on any atom is 0.238 e. The molecule has 0 atom stereocenters. The quantitative estimate of drug-likeness (QED) is 0.696. The van der Waals surface area contributed by atoms with Gasteiger partial charge >= 0.3 is 0 Å². The highest BCUT2D eigenvalue weighted by Crippen LogP contribution is 2.19. The monoisotopic (exact) mass is 421 g/mol. The van der Waals surface area contributed by atoms with Gasteiger partial charge in [-0.2, -0.15) is 0 Å². The molecular weight excluding hydrogens is 390 g/mol. The summed E-state index contributed by atoms with van der Waals surface area (Å²) in [7, 11) is 0. The summed E-state index contributed by atoms with van der Waals surface area (Å²) in [6, 6.07) is 13.4. The fourth-order valence-electron chi connectivity index (χ4n) is 3.81. The first-order chi connectivity index (χ1) is 14.8. The van der Waals surface area contributed by atoms with Gasteiger partial charge in [-0.1, -0.05) is 48.0 Å². The SMILES string of the molecule is Cc1ccc(C(=O)CCC(=O)N2CCN(CC(=O)Nc3c(C)cccc3C)CC2)cc1. The van der Waals surface area contributed by atoms with Crippen LogP contribution in [0.2, 0.25) is 0 Å². The van der Waals surface area contributed by atoms with Crippen molar-refractivity contribution in [1.29, 1.82) is 0 Å². The third-order valence-electron chi connectivity index (χ3n) is 5.78. The van der Waals surface area contributed by atoms with Crippen LogP contribution in [0.5, 0.6) is 0 Å². The lowest BCUT2D eigenvalue weighted by atomic mass is 10.0. The molecule has 2 aromatic rings. The Balaban J connectivity index is 1.41. The molecule has 0 saturated carbocycles. The van der Waals surface area contributed by atoms with Crippen molar-refractivity contribution in [3.8, 4) is 0 Å². The maximum atomic E-state index is 12.5. The Hall–Kier alpha value is -2.99. The number of anilines is 1. The van der Waals surface area contributed by atoms with Crippen molar-refractivity contribution in [3.63, 3.8) is 0 Å². The predicted molar refractivity (Wildman–Crippen MR) is 122 cm³/mol. The number of hydrogen-bond donors (Lipinski definition) is 1. The molecule has 164 valence electrons. The van der Waals surface area contributed by atoms with Gasteiger partial charge in [0.25, 0.3) is 0 Å². The third-order valence-corrected chi connectivity index (χ3v) is 5.78. The van der Waals surface area contributed by atoms with E-state index in [9.17, 15) is 14.4 Å². The molecule has 2 aromatic carbocycles. The minimum atomic E-state index is -0.0409. The van der Waals surface area contributed by atoms with Gasteiger partial charge < -0.3 is 10.2 Å². The van der Waals surface area contributed by atoms with E-state index in [4.69, 9.17) is 0 Å². The summed E-state index contributed by atoms with van der Waals surface area (Å²) in [5, 5.41) is 3.01. The van der Waals surface area contributed by atoms with Crippen LogP contribution in [0.4, 0.5) is 5.69 Å². The third kappa shape index (κ3) is 6.25. The molecule has 1 heterocycles. The Morgan fingerprint density at radius 2 is 1.45 bits per heavy atom. The predicted octanol–water partition coefficient (Wildman–Crippen LogP) is 3.36. The molecule has 0 spiro atoms. The lowest BCUT2D eigenvalue weighted by Gasteiger charge is -2.34. The van der Waals surface area contributed by atoms with E-state index in [1.54, 1.807) is 4.90 Å². The summed E-state index contributed by atoms with van der Waals surface area (Å²) < 4.78 is 0. The van der Waals surface area contributed by atoms with Crippen molar-refractivity contribution < 1.29 is 14.4 Å². The van der Waals surface area contributed by atoms with E-state index in [1.807, 2.05) is 63.2 Å². The molecule has 31 heavy (non-hydrogen) atoms. The highest BCUT2D eigenvalue weighted by atomic mass is 16.2. The van der Waals surface area contributed by atoms with Gasteiger partial charge in [-0.05, 0) is 31.9 Å². The van der Waals surface area contributed by atoms with Crippen molar-refractivity contribution in [1.82, 2.24) is 9.80 Å². The number of carbonyl (C=O) groups is 3. The van der Waals surface area contributed by atoms with Crippen LogP contribution < -0.4 is 5.32 Å². The van der Waals surface area contributed by atoms with Crippen molar-refractivity contribution >= 4 is 23.3 Å². The largest absolute Gasteiger partial charge is 0.340 e. The van der Waals surface area contributed by atoms with E-state index in [0.717, 1.165) is 22.4 Å². The van der Waals surface area contributed by atoms with Crippen LogP contribution >= 0.6 is 0 Å². The summed E-state index contributed by atoms with van der Waals surface area (Å²) in [5.74, 6) is -0.0453. The van der Waals surface area contributed by atoms with Crippen LogP contribution in [0.3, 0.4) is 0 Å². The number of Topliss-reactive ketones (excluding diaryl/α,β-unsaturated/α-hetero) is 1. The number of amides is 2. The second kappa shape index (κ2) is 10.4. The Morgan fingerprint density at radius 1 is 0.839 bits per heavy atom. The van der Waals surface area contributed by atoms with E-state index in [-0.39, 0.29) is 30.4 Å². The molecule has 3 rings (SSSR count). The second-order valence-electron chi connectivity index (χ2n) is 8.26. The molecular formula is C25H31N3O3. The average Bonchev–Trinajstić information content (AvgIpc) is 2.75. The number of carbonyl (C=O) groups excluding carboxylic acids is 3. The summed E-state index contributed by atoms with van der Waals surface area (Å²) in [6.45, 7) is 8.71. The van der Waals surface area contributed by atoms with E-state index in [1.165, 1.54) is 0 Å². The molecule has 0 radical (unpaired) electrons. The van der Waals surface area contributed by atoms with Crippen LogP contribution in [0, 0.1) is 20.8 Å². The lowest BCUT2D eigenvalue weighted by Crippen LogP contribution is -2.50. The summed E-state index contributed by atoms with van der Waals surface area (Å²) in [6.07, 6.45) is 0.444. The first kappa shape index (κ1) is 22.7. The fourth-order valence-corrected chi connectivity index (χ4v) is 3.81. The smallest absolute Gasteiger partial charge is 0.238 e. The highest BCUT2D eigenvalue weighted by Gasteiger charge is 2.23. The van der Waals surface area contributed by atoms with Gasteiger partial charge in [0.05, 0.1) is 6.54 Å². The number of para-hydroxylation sites is 1. The van der Waals surface area contributed by atoms with Crippen LogP contribution in [0.25, 0.3) is 0 Å². The minimum Gasteiger partial charge on any atom is -0.340 e.